The molecule has 0 spiro atoms. The minimum absolute atomic E-state index is 0.0234. The Balaban J connectivity index is 2.05. The Morgan fingerprint density at radius 1 is 1.04 bits per heavy atom. The number of benzene rings is 2. The fraction of sp³-hybridized carbons (Fsp3) is 0.278. The zero-order chi connectivity index (χ0) is 20.8. The summed E-state index contributed by atoms with van der Waals surface area (Å²) in [5.41, 5.74) is 1.06. The average Bonchev–Trinajstić information content (AvgIpc) is 2.59. The minimum Gasteiger partial charge on any atom is -0.382 e. The number of hydrogen-bond donors (Lipinski definition) is 2. The van der Waals surface area contributed by atoms with Crippen molar-refractivity contribution >= 4 is 31.9 Å². The van der Waals surface area contributed by atoms with Gasteiger partial charge in [-0.3, -0.25) is 0 Å². The Morgan fingerprint density at radius 2 is 1.71 bits per heavy atom. The highest BCUT2D eigenvalue weighted by molar-refractivity contribution is 7.90. The first-order chi connectivity index (χ1) is 13.1. The van der Waals surface area contributed by atoms with Crippen LogP contribution in [0.3, 0.4) is 0 Å². The lowest BCUT2D eigenvalue weighted by Gasteiger charge is -2.11. The number of amides is 2. The average molecular weight is 427 g/mol. The van der Waals surface area contributed by atoms with Crippen LogP contribution in [0.25, 0.3) is 0 Å². The maximum atomic E-state index is 12.2. The predicted octanol–water partition coefficient (Wildman–Crippen LogP) is 3.01. The molecule has 2 rings (SSSR count). The van der Waals surface area contributed by atoms with E-state index in [0.29, 0.717) is 12.8 Å². The van der Waals surface area contributed by atoms with E-state index in [1.807, 2.05) is 18.6 Å². The fourth-order valence-electron chi connectivity index (χ4n) is 2.19. The van der Waals surface area contributed by atoms with Crippen molar-refractivity contribution in [1.82, 2.24) is 4.72 Å². The fourth-order valence-corrected chi connectivity index (χ4v) is 4.22. The molecule has 0 unspecified atom stereocenters. The summed E-state index contributed by atoms with van der Waals surface area (Å²) in [6, 6.07) is 10.7. The highest BCUT2D eigenvalue weighted by Gasteiger charge is 2.18. The van der Waals surface area contributed by atoms with Gasteiger partial charge in [-0.15, -0.1) is 0 Å². The number of carbonyl (C=O) groups is 1. The lowest BCUT2D eigenvalue weighted by atomic mass is 10.2. The summed E-state index contributed by atoms with van der Waals surface area (Å²) in [6.07, 6.45) is 1.18. The molecule has 2 aromatic carbocycles. The van der Waals surface area contributed by atoms with Crippen LogP contribution in [-0.2, 0) is 20.1 Å². The van der Waals surface area contributed by atoms with Crippen LogP contribution in [0.5, 0.6) is 5.75 Å². The van der Waals surface area contributed by atoms with Crippen LogP contribution in [0.2, 0.25) is 0 Å². The van der Waals surface area contributed by atoms with E-state index in [0.717, 1.165) is 5.56 Å². The van der Waals surface area contributed by atoms with E-state index in [2.05, 4.69) is 5.32 Å². The maximum absolute atomic E-state index is 12.2. The zero-order valence-corrected chi connectivity index (χ0v) is 17.1. The molecule has 0 aliphatic rings. The molecule has 2 N–H and O–H groups in total. The molecule has 10 heteroatoms. The lowest BCUT2D eigenvalue weighted by molar-refractivity contribution is 0.256. The summed E-state index contributed by atoms with van der Waals surface area (Å²) in [4.78, 5) is 12.0. The SMILES string of the molecule is CCCCS(=O)(=O)Oc1cccc(NC(=O)NS(=O)(=O)c2ccc(C)cc2)c1. The molecular formula is C18H22N2O6S2. The molecule has 0 heterocycles. The smallest absolute Gasteiger partial charge is 0.333 e. The molecule has 0 saturated heterocycles. The van der Waals surface area contributed by atoms with Gasteiger partial charge in [-0.05, 0) is 37.6 Å². The predicted molar refractivity (Wildman–Crippen MR) is 106 cm³/mol. The quantitative estimate of drug-likeness (QED) is 0.626. The van der Waals surface area contributed by atoms with Crippen molar-refractivity contribution < 1.29 is 25.8 Å². The third kappa shape index (κ3) is 6.54. The van der Waals surface area contributed by atoms with E-state index in [1.54, 1.807) is 12.1 Å². The van der Waals surface area contributed by atoms with Gasteiger partial charge in [0.25, 0.3) is 10.0 Å². The van der Waals surface area contributed by atoms with Crippen molar-refractivity contribution in [2.24, 2.45) is 0 Å². The Labute approximate surface area is 165 Å². The van der Waals surface area contributed by atoms with Crippen LogP contribution in [0.4, 0.5) is 10.5 Å². The van der Waals surface area contributed by atoms with Crippen molar-refractivity contribution in [3.63, 3.8) is 0 Å². The third-order valence-electron chi connectivity index (χ3n) is 3.62. The van der Waals surface area contributed by atoms with Gasteiger partial charge >= 0.3 is 16.1 Å². The molecule has 0 atom stereocenters. The number of unbranched alkanes of at least 4 members (excludes halogenated alkanes) is 1. The lowest BCUT2D eigenvalue weighted by Crippen LogP contribution is -2.34. The van der Waals surface area contributed by atoms with E-state index in [1.165, 1.54) is 36.4 Å². The Kier molecular flexibility index (Phi) is 7.03. The minimum atomic E-state index is -4.03. The van der Waals surface area contributed by atoms with Crippen LogP contribution in [0, 0.1) is 6.92 Å². The zero-order valence-electron chi connectivity index (χ0n) is 15.5. The number of hydrogen-bond acceptors (Lipinski definition) is 6. The van der Waals surface area contributed by atoms with Crippen molar-refractivity contribution in [3.05, 3.63) is 54.1 Å². The molecule has 0 aromatic heterocycles. The monoisotopic (exact) mass is 426 g/mol. The second-order valence-electron chi connectivity index (χ2n) is 6.10. The van der Waals surface area contributed by atoms with Crippen molar-refractivity contribution in [3.8, 4) is 5.75 Å². The standard InChI is InChI=1S/C18H22N2O6S2/c1-3-4-12-27(22,23)26-16-7-5-6-15(13-16)19-18(21)20-28(24,25)17-10-8-14(2)9-11-17/h5-11,13H,3-4,12H2,1-2H3,(H2,19,20,21). The van der Waals surface area contributed by atoms with Gasteiger partial charge < -0.3 is 9.50 Å². The van der Waals surface area contributed by atoms with E-state index in [9.17, 15) is 21.6 Å². The molecule has 152 valence electrons. The third-order valence-corrected chi connectivity index (χ3v) is 6.20. The summed E-state index contributed by atoms with van der Waals surface area (Å²) in [5.74, 6) is -0.0912. The maximum Gasteiger partial charge on any atom is 0.333 e. The number of rotatable bonds is 8. The molecule has 0 bridgehead atoms. The van der Waals surface area contributed by atoms with Crippen LogP contribution in [0.15, 0.2) is 53.4 Å². The van der Waals surface area contributed by atoms with Gasteiger partial charge in [0.1, 0.15) is 5.75 Å². The summed E-state index contributed by atoms with van der Waals surface area (Å²) < 4.78 is 55.1. The van der Waals surface area contributed by atoms with Crippen LogP contribution >= 0.6 is 0 Å². The molecule has 2 aromatic rings. The van der Waals surface area contributed by atoms with Gasteiger partial charge in [-0.2, -0.15) is 8.42 Å². The van der Waals surface area contributed by atoms with Gasteiger partial charge in [0.2, 0.25) is 0 Å². The van der Waals surface area contributed by atoms with Crippen LogP contribution < -0.4 is 14.2 Å². The normalized spacial score (nSPS) is 11.6. The summed E-state index contributed by atoms with van der Waals surface area (Å²) in [7, 11) is -7.77. The highest BCUT2D eigenvalue weighted by atomic mass is 32.2. The first-order valence-electron chi connectivity index (χ1n) is 8.54. The molecule has 28 heavy (non-hydrogen) atoms. The van der Waals surface area contributed by atoms with Crippen LogP contribution in [0.1, 0.15) is 25.3 Å². The topological polar surface area (TPSA) is 119 Å². The number of aryl methyl sites for hydroxylation is 1. The van der Waals surface area contributed by atoms with Gasteiger partial charge in [0.05, 0.1) is 10.6 Å². The Bertz CT molecular complexity index is 1030. The molecular weight excluding hydrogens is 404 g/mol. The summed E-state index contributed by atoms with van der Waals surface area (Å²) in [6.45, 7) is 3.68. The van der Waals surface area contributed by atoms with Crippen LogP contribution in [-0.4, -0.2) is 28.6 Å². The number of nitrogens with one attached hydrogen (secondary N) is 2. The largest absolute Gasteiger partial charge is 0.382 e. The van der Waals surface area contributed by atoms with Crippen molar-refractivity contribution in [2.45, 2.75) is 31.6 Å². The summed E-state index contributed by atoms with van der Waals surface area (Å²) >= 11 is 0. The molecule has 2 amide bonds. The van der Waals surface area contributed by atoms with E-state index < -0.39 is 26.2 Å². The van der Waals surface area contributed by atoms with E-state index >= 15 is 0 Å². The van der Waals surface area contributed by atoms with Crippen molar-refractivity contribution in [1.29, 1.82) is 0 Å². The van der Waals surface area contributed by atoms with Gasteiger partial charge in [-0.1, -0.05) is 37.1 Å². The van der Waals surface area contributed by atoms with Gasteiger partial charge in [-0.25, -0.2) is 17.9 Å². The first kappa shape index (κ1) is 21.7. The van der Waals surface area contributed by atoms with E-state index in [4.69, 9.17) is 4.18 Å². The number of anilines is 1. The molecule has 0 aliphatic carbocycles. The second kappa shape index (κ2) is 9.07. The Morgan fingerprint density at radius 3 is 2.36 bits per heavy atom. The number of sulfonamides is 1. The summed E-state index contributed by atoms with van der Waals surface area (Å²) in [5, 5.41) is 2.34. The molecule has 0 fully saturated rings. The number of carbonyl (C=O) groups excluding carboxylic acids is 1. The van der Waals surface area contributed by atoms with Crippen molar-refractivity contribution in [2.75, 3.05) is 11.1 Å². The number of urea groups is 1. The molecule has 0 saturated carbocycles. The Hall–Kier alpha value is -2.59. The second-order valence-corrected chi connectivity index (χ2v) is 9.47. The highest BCUT2D eigenvalue weighted by Crippen LogP contribution is 2.20. The molecule has 0 radical (unpaired) electrons. The van der Waals surface area contributed by atoms with Gasteiger partial charge in [0.15, 0.2) is 0 Å². The molecule has 0 aliphatic heterocycles. The molecule has 8 nitrogen and oxygen atoms in total. The van der Waals surface area contributed by atoms with E-state index in [-0.39, 0.29) is 22.1 Å². The first-order valence-corrected chi connectivity index (χ1v) is 11.6. The van der Waals surface area contributed by atoms with Gasteiger partial charge in [0, 0.05) is 11.8 Å².